The summed E-state index contributed by atoms with van der Waals surface area (Å²) in [6.45, 7) is 6.90. The van der Waals surface area contributed by atoms with Crippen molar-refractivity contribution in [2.75, 3.05) is 7.05 Å². The van der Waals surface area contributed by atoms with Gasteiger partial charge in [-0.2, -0.15) is 0 Å². The van der Waals surface area contributed by atoms with Gasteiger partial charge < -0.3 is 5.32 Å². The van der Waals surface area contributed by atoms with E-state index in [-0.39, 0.29) is 0 Å². The van der Waals surface area contributed by atoms with Gasteiger partial charge >= 0.3 is 0 Å². The molecule has 0 bridgehead atoms. The zero-order valence-corrected chi connectivity index (χ0v) is 13.6. The van der Waals surface area contributed by atoms with Gasteiger partial charge in [-0.3, -0.25) is 0 Å². The van der Waals surface area contributed by atoms with E-state index < -0.39 is 0 Å². The molecule has 2 aromatic carbocycles. The minimum atomic E-state index is 0.427. The van der Waals surface area contributed by atoms with Gasteiger partial charge in [0.2, 0.25) is 0 Å². The molecule has 1 nitrogen and oxygen atoms in total. The second kappa shape index (κ2) is 7.42. The van der Waals surface area contributed by atoms with E-state index >= 15 is 0 Å². The van der Waals surface area contributed by atoms with Crippen molar-refractivity contribution in [1.29, 1.82) is 0 Å². The van der Waals surface area contributed by atoms with Crippen molar-refractivity contribution in [2.45, 2.75) is 33.2 Å². The quantitative estimate of drug-likeness (QED) is 0.799. The molecule has 1 heteroatoms. The fraction of sp³-hybridized carbons (Fsp3) is 0.400. The number of hydrogen-bond acceptors (Lipinski definition) is 1. The summed E-state index contributed by atoms with van der Waals surface area (Å²) in [5.74, 6) is 1.29. The molecule has 21 heavy (non-hydrogen) atoms. The lowest BCUT2D eigenvalue weighted by Gasteiger charge is -2.27. The van der Waals surface area contributed by atoms with Crippen molar-refractivity contribution < 1.29 is 0 Å². The average molecular weight is 281 g/mol. The summed E-state index contributed by atoms with van der Waals surface area (Å²) in [4.78, 5) is 0. The van der Waals surface area contributed by atoms with Gasteiger partial charge in [0.1, 0.15) is 0 Å². The maximum absolute atomic E-state index is 3.47. The Morgan fingerprint density at radius 3 is 1.90 bits per heavy atom. The molecular weight excluding hydrogens is 254 g/mol. The Bertz CT molecular complexity index is 528. The largest absolute Gasteiger partial charge is 0.313 e. The average Bonchev–Trinajstić information content (AvgIpc) is 2.50. The lowest BCUT2D eigenvalue weighted by molar-refractivity contribution is 0.317. The highest BCUT2D eigenvalue weighted by Gasteiger charge is 2.20. The lowest BCUT2D eigenvalue weighted by Crippen LogP contribution is -2.26. The summed E-state index contributed by atoms with van der Waals surface area (Å²) in [5.41, 5.74) is 4.12. The molecule has 112 valence electrons. The molecule has 0 heterocycles. The van der Waals surface area contributed by atoms with E-state index in [4.69, 9.17) is 0 Å². The molecule has 0 spiro atoms. The predicted octanol–water partition coefficient (Wildman–Crippen LogP) is 4.83. The molecule has 0 aromatic heterocycles. The summed E-state index contributed by atoms with van der Waals surface area (Å²) >= 11 is 0. The maximum atomic E-state index is 3.47. The third-order valence-corrected chi connectivity index (χ3v) is 4.48. The Kier molecular flexibility index (Phi) is 5.58. The molecule has 2 atom stereocenters. The minimum absolute atomic E-state index is 0.427. The highest BCUT2D eigenvalue weighted by atomic mass is 14.9. The maximum Gasteiger partial charge on any atom is 0.0345 e. The van der Waals surface area contributed by atoms with Crippen molar-refractivity contribution in [1.82, 2.24) is 5.32 Å². The summed E-state index contributed by atoms with van der Waals surface area (Å²) < 4.78 is 0. The van der Waals surface area contributed by atoms with Crippen LogP contribution in [0.4, 0.5) is 0 Å². The fourth-order valence-electron chi connectivity index (χ4n) is 2.79. The Morgan fingerprint density at radius 2 is 1.38 bits per heavy atom. The molecule has 0 aliphatic heterocycles. The molecule has 0 amide bonds. The van der Waals surface area contributed by atoms with Crippen LogP contribution in [-0.4, -0.2) is 7.05 Å². The molecule has 2 aromatic rings. The summed E-state index contributed by atoms with van der Waals surface area (Å²) in [6, 6.07) is 20.1. The lowest BCUT2D eigenvalue weighted by atomic mass is 9.86. The molecule has 2 unspecified atom stereocenters. The third-order valence-electron chi connectivity index (χ3n) is 4.48. The first-order chi connectivity index (χ1) is 10.1. The Hall–Kier alpha value is -1.60. The van der Waals surface area contributed by atoms with E-state index in [0.29, 0.717) is 17.9 Å². The van der Waals surface area contributed by atoms with Gasteiger partial charge in [-0.25, -0.2) is 0 Å². The second-order valence-electron chi connectivity index (χ2n) is 6.27. The van der Waals surface area contributed by atoms with E-state index in [2.05, 4.69) is 87.7 Å². The third kappa shape index (κ3) is 4.18. The number of nitrogens with one attached hydrogen (secondary N) is 1. The Labute approximate surface area is 129 Å². The standard InChI is InChI=1S/C20H27N/c1-15(2)16(3)20(21-4)19-12-10-18(11-13-19)14-17-8-6-5-7-9-17/h5-13,15-16,20-21H,14H2,1-4H3. The van der Waals surface area contributed by atoms with Crippen molar-refractivity contribution in [2.24, 2.45) is 11.8 Å². The van der Waals surface area contributed by atoms with Gasteiger partial charge in [0, 0.05) is 6.04 Å². The van der Waals surface area contributed by atoms with Gasteiger partial charge in [0.05, 0.1) is 0 Å². The van der Waals surface area contributed by atoms with Crippen molar-refractivity contribution >= 4 is 0 Å². The molecule has 2 rings (SSSR count). The first-order valence-corrected chi connectivity index (χ1v) is 7.92. The van der Waals surface area contributed by atoms with Crippen molar-refractivity contribution in [3.05, 3.63) is 71.3 Å². The van der Waals surface area contributed by atoms with E-state index in [1.54, 1.807) is 0 Å². The van der Waals surface area contributed by atoms with Crippen LogP contribution >= 0.6 is 0 Å². The van der Waals surface area contributed by atoms with E-state index in [1.807, 2.05) is 0 Å². The highest BCUT2D eigenvalue weighted by molar-refractivity contribution is 5.30. The second-order valence-corrected chi connectivity index (χ2v) is 6.27. The van der Waals surface area contributed by atoms with Crippen LogP contribution in [0.2, 0.25) is 0 Å². The van der Waals surface area contributed by atoms with Crippen molar-refractivity contribution in [3.63, 3.8) is 0 Å². The van der Waals surface area contributed by atoms with Crippen LogP contribution in [0.1, 0.15) is 43.5 Å². The molecule has 1 N–H and O–H groups in total. The topological polar surface area (TPSA) is 12.0 Å². The molecular formula is C20H27N. The first-order valence-electron chi connectivity index (χ1n) is 7.92. The van der Waals surface area contributed by atoms with E-state index in [1.165, 1.54) is 16.7 Å². The highest BCUT2D eigenvalue weighted by Crippen LogP contribution is 2.27. The SMILES string of the molecule is CNC(c1ccc(Cc2ccccc2)cc1)C(C)C(C)C. The smallest absolute Gasteiger partial charge is 0.0345 e. The van der Waals surface area contributed by atoms with Gasteiger partial charge in [0.25, 0.3) is 0 Å². The zero-order chi connectivity index (χ0) is 15.2. The first kappa shape index (κ1) is 15.8. The van der Waals surface area contributed by atoms with Crippen LogP contribution in [0, 0.1) is 11.8 Å². The van der Waals surface area contributed by atoms with Crippen molar-refractivity contribution in [3.8, 4) is 0 Å². The van der Waals surface area contributed by atoms with Gasteiger partial charge in [0.15, 0.2) is 0 Å². The molecule has 0 aliphatic rings. The molecule has 0 saturated heterocycles. The number of rotatable bonds is 6. The summed E-state index contributed by atoms with van der Waals surface area (Å²) in [6.07, 6.45) is 1.01. The molecule has 0 aliphatic carbocycles. The molecule has 0 radical (unpaired) electrons. The molecule has 0 fully saturated rings. The summed E-state index contributed by atoms with van der Waals surface area (Å²) in [7, 11) is 2.06. The normalized spacial score (nSPS) is 14.1. The van der Waals surface area contributed by atoms with Crippen LogP contribution in [-0.2, 0) is 6.42 Å². The van der Waals surface area contributed by atoms with Crippen LogP contribution in [0.25, 0.3) is 0 Å². The minimum Gasteiger partial charge on any atom is -0.313 e. The van der Waals surface area contributed by atoms with Gasteiger partial charge in [-0.05, 0) is 42.0 Å². The van der Waals surface area contributed by atoms with Crippen LogP contribution in [0.15, 0.2) is 54.6 Å². The monoisotopic (exact) mass is 281 g/mol. The number of hydrogen-bond donors (Lipinski definition) is 1. The van der Waals surface area contributed by atoms with Crippen LogP contribution < -0.4 is 5.32 Å². The van der Waals surface area contributed by atoms with E-state index in [9.17, 15) is 0 Å². The Balaban J connectivity index is 2.11. The Morgan fingerprint density at radius 1 is 0.810 bits per heavy atom. The van der Waals surface area contributed by atoms with Crippen LogP contribution in [0.3, 0.4) is 0 Å². The number of benzene rings is 2. The predicted molar refractivity (Wildman–Crippen MR) is 91.5 cm³/mol. The van der Waals surface area contributed by atoms with Crippen LogP contribution in [0.5, 0.6) is 0 Å². The zero-order valence-electron chi connectivity index (χ0n) is 13.6. The molecule has 0 saturated carbocycles. The van der Waals surface area contributed by atoms with Gasteiger partial charge in [-0.15, -0.1) is 0 Å². The fourth-order valence-corrected chi connectivity index (χ4v) is 2.79. The van der Waals surface area contributed by atoms with E-state index in [0.717, 1.165) is 6.42 Å². The summed E-state index contributed by atoms with van der Waals surface area (Å²) in [5, 5.41) is 3.47. The van der Waals surface area contributed by atoms with Gasteiger partial charge in [-0.1, -0.05) is 75.4 Å².